The Morgan fingerprint density at radius 1 is 1.18 bits per heavy atom. The zero-order chi connectivity index (χ0) is 19.1. The lowest BCUT2D eigenvalue weighted by molar-refractivity contribution is -0.133. The fourth-order valence-electron chi connectivity index (χ4n) is 3.98. The first-order valence-electron chi connectivity index (χ1n) is 9.50. The van der Waals surface area contributed by atoms with Crippen molar-refractivity contribution in [3.63, 3.8) is 0 Å². The molecule has 0 radical (unpaired) electrons. The second-order valence-corrected chi connectivity index (χ2v) is 8.42. The van der Waals surface area contributed by atoms with E-state index < -0.39 is 5.25 Å². The number of imidazole rings is 1. The Kier molecular flexibility index (Phi) is 4.31. The van der Waals surface area contributed by atoms with Crippen molar-refractivity contribution >= 4 is 40.3 Å². The highest BCUT2D eigenvalue weighted by molar-refractivity contribution is 8.01. The van der Waals surface area contributed by atoms with Crippen LogP contribution in [0, 0.1) is 0 Å². The summed E-state index contributed by atoms with van der Waals surface area (Å²) in [5, 5.41) is 2.51. The number of hydrogen-bond acceptors (Lipinski definition) is 4. The summed E-state index contributed by atoms with van der Waals surface area (Å²) in [5.41, 5.74) is 2.72. The number of rotatable bonds is 3. The quantitative estimate of drug-likeness (QED) is 0.712. The topological polar surface area (TPSA) is 78.1 Å². The van der Waals surface area contributed by atoms with Crippen LogP contribution in [0.5, 0.6) is 0 Å². The standard InChI is InChI=1S/C21H20N4O2S/c26-19(12-18-21(27)24-15-8-3-4-10-17(15)28-18)25-11-5-9-16(25)20-22-13-6-1-2-7-14(13)23-20/h1-4,6-8,10,16,18H,5,9,11-12H2,(H,22,23)(H,24,27)/t16-,18+/m1/s1. The minimum atomic E-state index is -0.403. The van der Waals surface area contributed by atoms with Crippen molar-refractivity contribution in [3.8, 4) is 0 Å². The van der Waals surface area contributed by atoms with E-state index in [2.05, 4.69) is 15.3 Å². The fraction of sp³-hybridized carbons (Fsp3) is 0.286. The van der Waals surface area contributed by atoms with Crippen LogP contribution in [0.15, 0.2) is 53.4 Å². The van der Waals surface area contributed by atoms with Crippen LogP contribution in [0.2, 0.25) is 0 Å². The Hall–Kier alpha value is -2.80. The third-order valence-electron chi connectivity index (χ3n) is 5.36. The van der Waals surface area contributed by atoms with Gasteiger partial charge in [0.15, 0.2) is 0 Å². The number of fused-ring (bicyclic) bond motifs is 2. The highest BCUT2D eigenvalue weighted by Crippen LogP contribution is 2.38. The monoisotopic (exact) mass is 392 g/mol. The van der Waals surface area contributed by atoms with E-state index in [1.807, 2.05) is 53.4 Å². The Bertz CT molecular complexity index is 1030. The van der Waals surface area contributed by atoms with Crippen LogP contribution in [0.4, 0.5) is 5.69 Å². The molecule has 0 aliphatic carbocycles. The number of para-hydroxylation sites is 3. The molecule has 7 heteroatoms. The van der Waals surface area contributed by atoms with E-state index in [1.54, 1.807) is 0 Å². The van der Waals surface area contributed by atoms with Crippen LogP contribution in [0.25, 0.3) is 11.0 Å². The number of carbonyl (C=O) groups excluding carboxylic acids is 2. The van der Waals surface area contributed by atoms with E-state index in [1.165, 1.54) is 11.8 Å². The molecule has 1 saturated heterocycles. The zero-order valence-electron chi connectivity index (χ0n) is 15.2. The van der Waals surface area contributed by atoms with Crippen molar-refractivity contribution in [1.29, 1.82) is 0 Å². The number of thioether (sulfide) groups is 1. The second kappa shape index (κ2) is 6.98. The molecule has 142 valence electrons. The van der Waals surface area contributed by atoms with Gasteiger partial charge < -0.3 is 15.2 Å². The molecule has 0 unspecified atom stereocenters. The zero-order valence-corrected chi connectivity index (χ0v) is 16.0. The molecule has 2 aliphatic heterocycles. The van der Waals surface area contributed by atoms with Crippen LogP contribution in [0.1, 0.15) is 31.1 Å². The molecule has 6 nitrogen and oxygen atoms in total. The number of nitrogens with zero attached hydrogens (tertiary/aromatic N) is 2. The minimum Gasteiger partial charge on any atom is -0.340 e. The van der Waals surface area contributed by atoms with Gasteiger partial charge in [-0.25, -0.2) is 4.98 Å². The number of carbonyl (C=O) groups is 2. The van der Waals surface area contributed by atoms with Gasteiger partial charge >= 0.3 is 0 Å². The van der Waals surface area contributed by atoms with Crippen LogP contribution in [0.3, 0.4) is 0 Å². The summed E-state index contributed by atoms with van der Waals surface area (Å²) in [6.45, 7) is 0.705. The van der Waals surface area contributed by atoms with Gasteiger partial charge in [0.1, 0.15) is 5.82 Å². The van der Waals surface area contributed by atoms with Gasteiger partial charge in [-0.1, -0.05) is 24.3 Å². The lowest BCUT2D eigenvalue weighted by Crippen LogP contribution is -2.37. The normalized spacial score (nSPS) is 21.6. The molecule has 2 atom stereocenters. The summed E-state index contributed by atoms with van der Waals surface area (Å²) in [5.74, 6) is 0.740. The molecule has 0 bridgehead atoms. The highest BCUT2D eigenvalue weighted by Gasteiger charge is 2.36. The van der Waals surface area contributed by atoms with Crippen molar-refractivity contribution in [2.75, 3.05) is 11.9 Å². The molecular formula is C21H20N4O2S. The van der Waals surface area contributed by atoms with E-state index in [0.29, 0.717) is 6.54 Å². The molecule has 2 N–H and O–H groups in total. The van der Waals surface area contributed by atoms with Gasteiger partial charge in [0.2, 0.25) is 11.8 Å². The lowest BCUT2D eigenvalue weighted by Gasteiger charge is -2.27. The first kappa shape index (κ1) is 17.3. The summed E-state index contributed by atoms with van der Waals surface area (Å²) in [6.07, 6.45) is 2.03. The van der Waals surface area contributed by atoms with Crippen molar-refractivity contribution in [2.24, 2.45) is 0 Å². The number of hydrogen-bond donors (Lipinski definition) is 2. The van der Waals surface area contributed by atoms with Crippen LogP contribution in [-0.4, -0.2) is 38.5 Å². The van der Waals surface area contributed by atoms with Gasteiger partial charge in [-0.2, -0.15) is 0 Å². The van der Waals surface area contributed by atoms with Crippen molar-refractivity contribution in [1.82, 2.24) is 14.9 Å². The third-order valence-corrected chi connectivity index (χ3v) is 6.64. The summed E-state index contributed by atoms with van der Waals surface area (Å²) < 4.78 is 0. The van der Waals surface area contributed by atoms with Gasteiger partial charge in [0.05, 0.1) is 28.0 Å². The van der Waals surface area contributed by atoms with Crippen LogP contribution in [-0.2, 0) is 9.59 Å². The first-order chi connectivity index (χ1) is 13.7. The average Bonchev–Trinajstić information content (AvgIpc) is 3.35. The molecule has 0 spiro atoms. The van der Waals surface area contributed by atoms with Crippen LogP contribution < -0.4 is 5.32 Å². The number of aromatic nitrogens is 2. The largest absolute Gasteiger partial charge is 0.340 e. The van der Waals surface area contributed by atoms with Gasteiger partial charge in [-0.15, -0.1) is 11.8 Å². The number of likely N-dealkylation sites (tertiary alicyclic amines) is 1. The number of amides is 2. The summed E-state index contributed by atoms with van der Waals surface area (Å²) in [7, 11) is 0. The predicted molar refractivity (Wildman–Crippen MR) is 109 cm³/mol. The molecule has 28 heavy (non-hydrogen) atoms. The summed E-state index contributed by atoms with van der Waals surface area (Å²) in [4.78, 5) is 36.4. The maximum Gasteiger partial charge on any atom is 0.238 e. The van der Waals surface area contributed by atoms with Gasteiger partial charge in [-0.05, 0) is 37.1 Å². The number of benzene rings is 2. The fourth-order valence-corrected chi connectivity index (χ4v) is 5.08. The van der Waals surface area contributed by atoms with Crippen molar-refractivity contribution in [2.45, 2.75) is 35.4 Å². The van der Waals surface area contributed by atoms with E-state index in [0.717, 1.165) is 40.3 Å². The van der Waals surface area contributed by atoms with Crippen LogP contribution >= 0.6 is 11.8 Å². The molecule has 1 fully saturated rings. The van der Waals surface area contributed by atoms with E-state index in [9.17, 15) is 9.59 Å². The number of nitrogens with one attached hydrogen (secondary N) is 2. The molecule has 5 rings (SSSR count). The number of anilines is 1. The molecule has 3 aromatic rings. The number of H-pyrrole nitrogens is 1. The summed E-state index contributed by atoms with van der Waals surface area (Å²) in [6, 6.07) is 15.5. The molecule has 2 amide bonds. The molecule has 1 aromatic heterocycles. The molecular weight excluding hydrogens is 372 g/mol. The number of aromatic amines is 1. The molecule has 0 saturated carbocycles. The van der Waals surface area contributed by atoms with E-state index >= 15 is 0 Å². The SMILES string of the molecule is O=C1Nc2ccccc2S[C@H]1CC(=O)N1CCC[C@@H]1c1nc2ccccc2[nH]1. The van der Waals surface area contributed by atoms with Gasteiger partial charge in [0, 0.05) is 17.9 Å². The lowest BCUT2D eigenvalue weighted by atomic mass is 10.2. The van der Waals surface area contributed by atoms with E-state index in [-0.39, 0.29) is 24.3 Å². The molecule has 2 aliphatic rings. The molecule has 3 heterocycles. The predicted octanol–water partition coefficient (Wildman–Crippen LogP) is 3.73. The minimum absolute atomic E-state index is 0.00925. The van der Waals surface area contributed by atoms with E-state index in [4.69, 9.17) is 0 Å². The van der Waals surface area contributed by atoms with Crippen molar-refractivity contribution in [3.05, 3.63) is 54.4 Å². The Balaban J connectivity index is 1.34. The average molecular weight is 392 g/mol. The first-order valence-corrected chi connectivity index (χ1v) is 10.4. The maximum atomic E-state index is 13.1. The Morgan fingerprint density at radius 2 is 2.00 bits per heavy atom. The van der Waals surface area contributed by atoms with Gasteiger partial charge in [0.25, 0.3) is 0 Å². The highest BCUT2D eigenvalue weighted by atomic mass is 32.2. The third kappa shape index (κ3) is 3.05. The Labute approximate surface area is 166 Å². The molecule has 2 aromatic carbocycles. The van der Waals surface area contributed by atoms with Crippen molar-refractivity contribution < 1.29 is 9.59 Å². The smallest absolute Gasteiger partial charge is 0.238 e. The summed E-state index contributed by atoms with van der Waals surface area (Å²) >= 11 is 1.47. The Morgan fingerprint density at radius 3 is 2.89 bits per heavy atom. The van der Waals surface area contributed by atoms with Gasteiger partial charge in [-0.3, -0.25) is 9.59 Å². The second-order valence-electron chi connectivity index (χ2n) is 7.18. The maximum absolute atomic E-state index is 13.1.